The largest absolute Gasteiger partial charge is 0.370 e. The molecule has 1 unspecified atom stereocenters. The van der Waals surface area contributed by atoms with Crippen molar-refractivity contribution in [3.05, 3.63) is 41.0 Å². The third-order valence-corrected chi connectivity index (χ3v) is 6.09. The Hall–Kier alpha value is -2.54. The molecule has 0 spiro atoms. The van der Waals surface area contributed by atoms with Gasteiger partial charge in [-0.05, 0) is 38.3 Å². The summed E-state index contributed by atoms with van der Waals surface area (Å²) in [7, 11) is 1.93. The van der Waals surface area contributed by atoms with Gasteiger partial charge in [0.15, 0.2) is 5.65 Å². The highest BCUT2D eigenvalue weighted by molar-refractivity contribution is 5.80. The second-order valence-corrected chi connectivity index (χ2v) is 8.05. The van der Waals surface area contributed by atoms with Gasteiger partial charge in [0.1, 0.15) is 6.10 Å². The maximum Gasteiger partial charge on any atom is 0.227 e. The van der Waals surface area contributed by atoms with Crippen molar-refractivity contribution in [2.24, 2.45) is 7.05 Å². The zero-order valence-corrected chi connectivity index (χ0v) is 16.7. The highest BCUT2D eigenvalue weighted by Crippen LogP contribution is 2.39. The van der Waals surface area contributed by atoms with Crippen LogP contribution in [-0.4, -0.2) is 44.4 Å². The number of aromatic nitrogens is 5. The first-order valence-corrected chi connectivity index (χ1v) is 10.1. The van der Waals surface area contributed by atoms with E-state index < -0.39 is 0 Å². The van der Waals surface area contributed by atoms with Crippen LogP contribution in [0.2, 0.25) is 0 Å². The second kappa shape index (κ2) is 6.81. The molecule has 1 aliphatic heterocycles. The number of anilines is 1. The Morgan fingerprint density at radius 3 is 2.71 bits per heavy atom. The number of hydrogen-bond acceptors (Lipinski definition) is 6. The molecule has 2 fully saturated rings. The molecule has 3 aromatic heterocycles. The maximum atomic E-state index is 6.00. The van der Waals surface area contributed by atoms with Crippen molar-refractivity contribution in [3.63, 3.8) is 0 Å². The molecule has 5 rings (SSSR count). The van der Waals surface area contributed by atoms with Crippen LogP contribution in [0.4, 0.5) is 5.95 Å². The van der Waals surface area contributed by atoms with Crippen LogP contribution in [0, 0.1) is 13.8 Å². The summed E-state index contributed by atoms with van der Waals surface area (Å²) < 4.78 is 7.81. The van der Waals surface area contributed by atoms with Crippen molar-refractivity contribution in [2.75, 3.05) is 24.6 Å². The van der Waals surface area contributed by atoms with Crippen LogP contribution in [0.5, 0.6) is 0 Å². The van der Waals surface area contributed by atoms with Gasteiger partial charge in [0.05, 0.1) is 25.0 Å². The molecule has 146 valence electrons. The molecule has 1 saturated carbocycles. The molecule has 0 bridgehead atoms. The Kier molecular flexibility index (Phi) is 4.27. The first-order valence-electron chi connectivity index (χ1n) is 10.1. The SMILES string of the molecule is Cc1cc2c(C3CCC3)nc(N3CCOC(c4cnn(C)c4)C3)nc2nc1C. The summed E-state index contributed by atoms with van der Waals surface area (Å²) in [5.41, 5.74) is 5.32. The lowest BCUT2D eigenvalue weighted by molar-refractivity contribution is 0.0392. The lowest BCUT2D eigenvalue weighted by Gasteiger charge is -2.33. The Balaban J connectivity index is 1.53. The highest BCUT2D eigenvalue weighted by Gasteiger charge is 2.29. The molecular weight excluding hydrogens is 352 g/mol. The molecule has 2 aliphatic rings. The van der Waals surface area contributed by atoms with E-state index in [0.717, 1.165) is 41.3 Å². The number of morpholine rings is 1. The van der Waals surface area contributed by atoms with Gasteiger partial charge in [-0.1, -0.05) is 6.42 Å². The van der Waals surface area contributed by atoms with E-state index in [-0.39, 0.29) is 6.10 Å². The van der Waals surface area contributed by atoms with Crippen LogP contribution in [-0.2, 0) is 11.8 Å². The minimum atomic E-state index is -0.0124. The first kappa shape index (κ1) is 17.6. The van der Waals surface area contributed by atoms with E-state index in [1.165, 1.54) is 30.5 Å². The molecule has 0 radical (unpaired) electrons. The number of fused-ring (bicyclic) bond motifs is 1. The second-order valence-electron chi connectivity index (χ2n) is 8.05. The summed E-state index contributed by atoms with van der Waals surface area (Å²) in [5.74, 6) is 1.31. The Morgan fingerprint density at radius 2 is 2.00 bits per heavy atom. The van der Waals surface area contributed by atoms with E-state index in [2.05, 4.69) is 23.0 Å². The summed E-state index contributed by atoms with van der Waals surface area (Å²) in [6, 6.07) is 2.22. The molecule has 4 heterocycles. The van der Waals surface area contributed by atoms with E-state index in [1.54, 1.807) is 0 Å². The number of rotatable bonds is 3. The molecule has 1 atom stereocenters. The van der Waals surface area contributed by atoms with Gasteiger partial charge in [-0.25, -0.2) is 9.97 Å². The van der Waals surface area contributed by atoms with E-state index in [9.17, 15) is 0 Å². The smallest absolute Gasteiger partial charge is 0.227 e. The van der Waals surface area contributed by atoms with Crippen molar-refractivity contribution in [1.29, 1.82) is 0 Å². The fourth-order valence-corrected chi connectivity index (χ4v) is 4.03. The third kappa shape index (κ3) is 3.03. The van der Waals surface area contributed by atoms with Gasteiger partial charge in [0.2, 0.25) is 5.95 Å². The van der Waals surface area contributed by atoms with Crippen LogP contribution >= 0.6 is 0 Å². The van der Waals surface area contributed by atoms with Gasteiger partial charge in [-0.2, -0.15) is 10.1 Å². The Morgan fingerprint density at radius 1 is 1.14 bits per heavy atom. The van der Waals surface area contributed by atoms with Crippen LogP contribution in [0.1, 0.15) is 53.8 Å². The third-order valence-electron chi connectivity index (χ3n) is 6.09. The number of hydrogen-bond donors (Lipinski definition) is 0. The number of ether oxygens (including phenoxy) is 1. The number of aryl methyl sites for hydroxylation is 3. The highest BCUT2D eigenvalue weighted by atomic mass is 16.5. The minimum Gasteiger partial charge on any atom is -0.370 e. The molecular formula is C21H26N6O. The summed E-state index contributed by atoms with van der Waals surface area (Å²) in [6.07, 6.45) is 7.58. The van der Waals surface area contributed by atoms with Crippen LogP contribution < -0.4 is 4.90 Å². The van der Waals surface area contributed by atoms with Crippen molar-refractivity contribution in [1.82, 2.24) is 24.7 Å². The summed E-state index contributed by atoms with van der Waals surface area (Å²) in [6.45, 7) is 6.33. The fraction of sp³-hybridized carbons (Fsp3) is 0.524. The normalized spacial score (nSPS) is 20.5. The molecule has 0 N–H and O–H groups in total. The molecule has 0 aromatic carbocycles. The van der Waals surface area contributed by atoms with E-state index in [4.69, 9.17) is 19.7 Å². The predicted octanol–water partition coefficient (Wildman–Crippen LogP) is 3.22. The van der Waals surface area contributed by atoms with Crippen molar-refractivity contribution < 1.29 is 4.74 Å². The zero-order chi connectivity index (χ0) is 19.3. The molecule has 3 aromatic rings. The lowest BCUT2D eigenvalue weighted by Crippen LogP contribution is -2.39. The van der Waals surface area contributed by atoms with Crippen LogP contribution in [0.15, 0.2) is 18.5 Å². The molecule has 1 saturated heterocycles. The molecule has 1 aliphatic carbocycles. The Labute approximate surface area is 164 Å². The van der Waals surface area contributed by atoms with Gasteiger partial charge in [-0.15, -0.1) is 0 Å². The minimum absolute atomic E-state index is 0.0124. The average Bonchev–Trinajstić information content (AvgIpc) is 3.08. The average molecular weight is 378 g/mol. The summed E-state index contributed by atoms with van der Waals surface area (Å²) in [4.78, 5) is 16.9. The lowest BCUT2D eigenvalue weighted by atomic mass is 9.81. The van der Waals surface area contributed by atoms with Crippen LogP contribution in [0.25, 0.3) is 11.0 Å². The van der Waals surface area contributed by atoms with Gasteiger partial charge in [0, 0.05) is 42.4 Å². The first-order chi connectivity index (χ1) is 13.6. The molecule has 28 heavy (non-hydrogen) atoms. The van der Waals surface area contributed by atoms with Gasteiger partial charge < -0.3 is 9.64 Å². The standard InChI is InChI=1S/C21H26N6O/c1-13-9-17-19(15-5-4-6-15)24-21(25-20(17)23-14(13)2)27-7-8-28-18(12-27)16-10-22-26(3)11-16/h9-11,15,18H,4-8,12H2,1-3H3. The van der Waals surface area contributed by atoms with E-state index in [1.807, 2.05) is 31.0 Å². The monoisotopic (exact) mass is 378 g/mol. The number of pyridine rings is 1. The van der Waals surface area contributed by atoms with Gasteiger partial charge >= 0.3 is 0 Å². The zero-order valence-electron chi connectivity index (χ0n) is 16.7. The Bertz CT molecular complexity index is 1030. The predicted molar refractivity (Wildman–Crippen MR) is 108 cm³/mol. The molecule has 0 amide bonds. The van der Waals surface area contributed by atoms with E-state index in [0.29, 0.717) is 12.5 Å². The fourth-order valence-electron chi connectivity index (χ4n) is 4.03. The molecule has 7 heteroatoms. The van der Waals surface area contributed by atoms with Crippen molar-refractivity contribution in [2.45, 2.75) is 45.1 Å². The summed E-state index contributed by atoms with van der Waals surface area (Å²) in [5, 5.41) is 5.40. The van der Waals surface area contributed by atoms with Gasteiger partial charge in [0.25, 0.3) is 0 Å². The topological polar surface area (TPSA) is 69.0 Å². The van der Waals surface area contributed by atoms with Crippen molar-refractivity contribution in [3.8, 4) is 0 Å². The van der Waals surface area contributed by atoms with E-state index >= 15 is 0 Å². The van der Waals surface area contributed by atoms with Crippen LogP contribution in [0.3, 0.4) is 0 Å². The number of nitrogens with zero attached hydrogens (tertiary/aromatic N) is 6. The quantitative estimate of drug-likeness (QED) is 0.697. The summed E-state index contributed by atoms with van der Waals surface area (Å²) >= 11 is 0. The van der Waals surface area contributed by atoms with Crippen molar-refractivity contribution >= 4 is 17.0 Å². The van der Waals surface area contributed by atoms with Gasteiger partial charge in [-0.3, -0.25) is 4.68 Å². The molecule has 7 nitrogen and oxygen atoms in total. The maximum absolute atomic E-state index is 6.00.